The van der Waals surface area contributed by atoms with Gasteiger partial charge in [-0.25, -0.2) is 0 Å². The van der Waals surface area contributed by atoms with Gasteiger partial charge in [0.15, 0.2) is 18.7 Å². The number of ether oxygens (including phenoxy) is 4. The van der Waals surface area contributed by atoms with Crippen molar-refractivity contribution in [1.82, 2.24) is 0 Å². The number of hydrogen-bond acceptors (Lipinski definition) is 13. The Kier molecular flexibility index (Phi) is 17.7. The van der Waals surface area contributed by atoms with Gasteiger partial charge in [-0.3, -0.25) is 4.79 Å². The molecule has 10 atom stereocenters. The van der Waals surface area contributed by atoms with E-state index >= 15 is 0 Å². The lowest BCUT2D eigenvalue weighted by molar-refractivity contribution is -0.416. The molecule has 0 aromatic rings. The number of carbonyl (C=O) groups excluding carboxylic acids is 1. The number of carbonyl (C=O) groups is 1. The fraction of sp³-hybridized carbons (Fsp3) is 0.900. The number of aliphatic hydroxyl groups is 8. The van der Waals surface area contributed by atoms with E-state index in [2.05, 4.69) is 19.1 Å². The van der Waals surface area contributed by atoms with Gasteiger partial charge in [0, 0.05) is 6.42 Å². The molecule has 13 heteroatoms. The van der Waals surface area contributed by atoms with E-state index in [1.54, 1.807) is 0 Å². The standard InChI is InChI=1S/C30H54O13/c1-2-3-4-5-6-7-8-9-10-11-12-13-14-15-16-17-21(33)42-30(19-32)27(38)23(35)25(37)29(43-30)41-26-20(18-31)40-28(39)24(36)22(26)34/h9-10,20,22-29,31-32,34-39H,2-8,11-19H2,1H3/b10-9-/t20-,22-,23+,24-,25-,26-,27-,28-,29+,30+/m1/s1. The molecular weight excluding hydrogens is 568 g/mol. The second kappa shape index (κ2) is 20.0. The monoisotopic (exact) mass is 622 g/mol. The lowest BCUT2D eigenvalue weighted by Crippen LogP contribution is -2.69. The van der Waals surface area contributed by atoms with Crippen LogP contribution in [0.25, 0.3) is 0 Å². The summed E-state index contributed by atoms with van der Waals surface area (Å²) in [4.78, 5) is 12.6. The van der Waals surface area contributed by atoms with E-state index in [0.717, 1.165) is 38.5 Å². The molecule has 0 bridgehead atoms. The van der Waals surface area contributed by atoms with Crippen LogP contribution in [0.4, 0.5) is 0 Å². The molecule has 43 heavy (non-hydrogen) atoms. The minimum absolute atomic E-state index is 0.0496. The molecule has 0 unspecified atom stereocenters. The topological polar surface area (TPSA) is 216 Å². The van der Waals surface area contributed by atoms with Crippen LogP contribution in [0.3, 0.4) is 0 Å². The minimum atomic E-state index is -2.50. The van der Waals surface area contributed by atoms with Gasteiger partial charge in [0.25, 0.3) is 5.79 Å². The molecule has 2 saturated heterocycles. The molecule has 2 heterocycles. The predicted octanol–water partition coefficient (Wildman–Crippen LogP) is 0.511. The molecular formula is C30H54O13. The number of rotatable bonds is 20. The molecule has 0 amide bonds. The minimum Gasteiger partial charge on any atom is -0.427 e. The first-order valence-electron chi connectivity index (χ1n) is 15.8. The van der Waals surface area contributed by atoms with E-state index in [0.29, 0.717) is 6.42 Å². The first-order valence-corrected chi connectivity index (χ1v) is 15.8. The van der Waals surface area contributed by atoms with E-state index in [4.69, 9.17) is 18.9 Å². The van der Waals surface area contributed by atoms with E-state index in [-0.39, 0.29) is 6.42 Å². The van der Waals surface area contributed by atoms with Gasteiger partial charge in [-0.05, 0) is 32.1 Å². The van der Waals surface area contributed by atoms with Gasteiger partial charge in [0.2, 0.25) is 0 Å². The summed E-state index contributed by atoms with van der Waals surface area (Å²) in [5, 5.41) is 80.9. The summed E-state index contributed by atoms with van der Waals surface area (Å²) >= 11 is 0. The molecule has 0 aromatic heterocycles. The number of hydrogen-bond donors (Lipinski definition) is 8. The molecule has 8 N–H and O–H groups in total. The van der Waals surface area contributed by atoms with Crippen molar-refractivity contribution in [2.75, 3.05) is 13.2 Å². The molecule has 0 spiro atoms. The fourth-order valence-corrected chi connectivity index (χ4v) is 5.27. The highest BCUT2D eigenvalue weighted by atomic mass is 16.8. The van der Waals surface area contributed by atoms with Gasteiger partial charge >= 0.3 is 5.97 Å². The Morgan fingerprint density at radius 3 is 1.93 bits per heavy atom. The van der Waals surface area contributed by atoms with Crippen LogP contribution in [0.15, 0.2) is 12.2 Å². The Bertz CT molecular complexity index is 796. The highest BCUT2D eigenvalue weighted by Gasteiger charge is 2.58. The quantitative estimate of drug-likeness (QED) is 0.0528. The Labute approximate surface area is 254 Å². The lowest BCUT2D eigenvalue weighted by atomic mass is 9.95. The predicted molar refractivity (Wildman–Crippen MR) is 153 cm³/mol. The zero-order valence-electron chi connectivity index (χ0n) is 25.3. The highest BCUT2D eigenvalue weighted by Crippen LogP contribution is 2.34. The third-order valence-corrected chi connectivity index (χ3v) is 8.00. The van der Waals surface area contributed by atoms with Gasteiger partial charge in [-0.15, -0.1) is 0 Å². The van der Waals surface area contributed by atoms with Crippen molar-refractivity contribution in [2.24, 2.45) is 0 Å². The molecule has 13 nitrogen and oxygen atoms in total. The maximum absolute atomic E-state index is 12.6. The Morgan fingerprint density at radius 1 is 0.767 bits per heavy atom. The van der Waals surface area contributed by atoms with Crippen LogP contribution in [0.1, 0.15) is 96.8 Å². The van der Waals surface area contributed by atoms with Crippen molar-refractivity contribution < 1.29 is 64.6 Å². The maximum Gasteiger partial charge on any atom is 0.308 e. The average molecular weight is 623 g/mol. The molecule has 2 rings (SSSR count). The normalized spacial score (nSPS) is 35.0. The van der Waals surface area contributed by atoms with Crippen LogP contribution in [-0.4, -0.2) is 121 Å². The molecule has 0 radical (unpaired) electrons. The third-order valence-electron chi connectivity index (χ3n) is 8.00. The van der Waals surface area contributed by atoms with Gasteiger partial charge < -0.3 is 59.8 Å². The first kappa shape index (κ1) is 38.0. The molecule has 0 saturated carbocycles. The summed E-state index contributed by atoms with van der Waals surface area (Å²) in [6.07, 6.45) is 2.21. The summed E-state index contributed by atoms with van der Waals surface area (Å²) < 4.78 is 21.2. The Morgan fingerprint density at radius 2 is 1.35 bits per heavy atom. The van der Waals surface area contributed by atoms with Crippen molar-refractivity contribution in [3.05, 3.63) is 12.2 Å². The highest BCUT2D eigenvalue weighted by molar-refractivity contribution is 5.69. The molecule has 252 valence electrons. The molecule has 0 aromatic carbocycles. The smallest absolute Gasteiger partial charge is 0.308 e. The second-order valence-corrected chi connectivity index (χ2v) is 11.5. The number of esters is 1. The Hall–Kier alpha value is -1.23. The number of allylic oxidation sites excluding steroid dienone is 2. The van der Waals surface area contributed by atoms with Gasteiger partial charge in [-0.1, -0.05) is 70.4 Å². The van der Waals surface area contributed by atoms with Crippen LogP contribution in [-0.2, 0) is 23.7 Å². The van der Waals surface area contributed by atoms with Crippen LogP contribution < -0.4 is 0 Å². The Balaban J connectivity index is 1.76. The summed E-state index contributed by atoms with van der Waals surface area (Å²) in [5.74, 6) is -3.32. The van der Waals surface area contributed by atoms with Crippen molar-refractivity contribution in [3.8, 4) is 0 Å². The summed E-state index contributed by atoms with van der Waals surface area (Å²) in [6, 6.07) is 0. The second-order valence-electron chi connectivity index (χ2n) is 11.5. The molecule has 2 aliphatic rings. The van der Waals surface area contributed by atoms with Crippen molar-refractivity contribution in [2.45, 2.75) is 158 Å². The van der Waals surface area contributed by atoms with Crippen molar-refractivity contribution in [3.63, 3.8) is 0 Å². The van der Waals surface area contributed by atoms with Crippen molar-refractivity contribution >= 4 is 5.97 Å². The maximum atomic E-state index is 12.6. The average Bonchev–Trinajstić information content (AvgIpc) is 3.00. The SMILES string of the molecule is CCCCCCCC/C=C\CCCCCCCC(=O)O[C@@]1(CO)O[C@H](O[C@H]2[C@H](O)[C@@H](O)[C@H](O)O[C@@H]2CO)[C@H](O)[C@H](O)[C@H]1O. The fourth-order valence-electron chi connectivity index (χ4n) is 5.27. The van der Waals surface area contributed by atoms with Crippen LogP contribution in [0, 0.1) is 0 Å². The van der Waals surface area contributed by atoms with Crippen LogP contribution in [0.2, 0.25) is 0 Å². The summed E-state index contributed by atoms with van der Waals surface area (Å²) in [5.41, 5.74) is 0. The summed E-state index contributed by atoms with van der Waals surface area (Å²) in [6.45, 7) is 0.344. The third kappa shape index (κ3) is 11.6. The van der Waals surface area contributed by atoms with Crippen LogP contribution in [0.5, 0.6) is 0 Å². The molecule has 2 fully saturated rings. The van der Waals surface area contributed by atoms with E-state index < -0.39 is 80.3 Å². The van der Waals surface area contributed by atoms with Gasteiger partial charge in [0.05, 0.1) is 6.61 Å². The van der Waals surface area contributed by atoms with E-state index in [9.17, 15) is 45.6 Å². The zero-order valence-corrected chi connectivity index (χ0v) is 25.3. The van der Waals surface area contributed by atoms with Crippen molar-refractivity contribution in [1.29, 1.82) is 0 Å². The number of aliphatic hydroxyl groups excluding tert-OH is 8. The number of unbranched alkanes of at least 4 members (excludes halogenated alkanes) is 11. The molecule has 0 aliphatic carbocycles. The van der Waals surface area contributed by atoms with Gasteiger partial charge in [0.1, 0.15) is 43.2 Å². The largest absolute Gasteiger partial charge is 0.427 e. The summed E-state index contributed by atoms with van der Waals surface area (Å²) in [7, 11) is 0. The van der Waals surface area contributed by atoms with E-state index in [1.807, 2.05) is 0 Å². The van der Waals surface area contributed by atoms with E-state index in [1.165, 1.54) is 38.5 Å². The lowest BCUT2D eigenvalue weighted by Gasteiger charge is -2.48. The van der Waals surface area contributed by atoms with Crippen LogP contribution >= 0.6 is 0 Å². The zero-order chi connectivity index (χ0) is 31.8. The molecule has 2 aliphatic heterocycles. The van der Waals surface area contributed by atoms with Gasteiger partial charge in [-0.2, -0.15) is 0 Å². The first-order chi connectivity index (χ1) is 20.6.